The van der Waals surface area contributed by atoms with Crippen LogP contribution in [0.4, 0.5) is 17.6 Å². The van der Waals surface area contributed by atoms with Gasteiger partial charge in [0.2, 0.25) is 0 Å². The number of amides is 1. The molecule has 14 heteroatoms. The third-order valence-corrected chi connectivity index (χ3v) is 6.32. The van der Waals surface area contributed by atoms with Crippen LogP contribution in [0.5, 0.6) is 5.75 Å². The lowest BCUT2D eigenvalue weighted by Crippen LogP contribution is -2.30. The minimum atomic E-state index is -6.07. The zero-order chi connectivity index (χ0) is 27.2. The first-order valence-electron chi connectivity index (χ1n) is 9.97. The van der Waals surface area contributed by atoms with E-state index in [1.165, 1.54) is 56.4 Å². The molecule has 0 atom stereocenters. The quantitative estimate of drug-likeness (QED) is 0.269. The van der Waals surface area contributed by atoms with Crippen molar-refractivity contribution < 1.29 is 35.0 Å². The van der Waals surface area contributed by atoms with Crippen molar-refractivity contribution >= 4 is 27.6 Å². The Kier molecular flexibility index (Phi) is 7.19. The zero-order valence-corrected chi connectivity index (χ0v) is 20.7. The third-order valence-electron chi connectivity index (χ3n) is 5.01. The molecule has 3 aromatic rings. The van der Waals surface area contributed by atoms with Gasteiger partial charge in [0.25, 0.3) is 11.5 Å². The molecule has 0 spiro atoms. The van der Waals surface area contributed by atoms with Gasteiger partial charge in [0.15, 0.2) is 5.75 Å². The summed E-state index contributed by atoms with van der Waals surface area (Å²) in [6, 6.07) is 6.32. The second-order valence-corrected chi connectivity index (χ2v) is 9.73. The summed E-state index contributed by atoms with van der Waals surface area (Å²) in [5, 5.41) is -0.920. The van der Waals surface area contributed by atoms with Crippen molar-refractivity contribution in [3.8, 4) is 22.7 Å². The van der Waals surface area contributed by atoms with Gasteiger partial charge in [0.1, 0.15) is 10.8 Å². The fourth-order valence-electron chi connectivity index (χ4n) is 3.24. The average Bonchev–Trinajstić information content (AvgIpc) is 2.77. The Morgan fingerprint density at radius 2 is 1.81 bits per heavy atom. The molecule has 192 valence electrons. The maximum atomic E-state index is 15.2. The summed E-state index contributed by atoms with van der Waals surface area (Å²) < 4.78 is 81.1. The van der Waals surface area contributed by atoms with E-state index in [9.17, 15) is 31.2 Å². The van der Waals surface area contributed by atoms with Gasteiger partial charge in [0, 0.05) is 37.6 Å². The molecular weight excluding hydrogens is 530 g/mol. The lowest BCUT2D eigenvalue weighted by Gasteiger charge is -2.17. The molecule has 0 saturated heterocycles. The number of hydrogen-bond acceptors (Lipinski definition) is 6. The molecular formula is C22H18ClF4N3O5S. The first-order chi connectivity index (χ1) is 16.6. The number of halogens is 5. The van der Waals surface area contributed by atoms with Gasteiger partial charge in [-0.15, -0.1) is 0 Å². The van der Waals surface area contributed by atoms with Gasteiger partial charge in [-0.05, 0) is 37.6 Å². The van der Waals surface area contributed by atoms with Crippen molar-refractivity contribution in [2.75, 3.05) is 14.1 Å². The molecule has 0 unspecified atom stereocenters. The number of carbonyl (C=O) groups excluding carboxylic acids is 1. The first kappa shape index (κ1) is 27.1. The van der Waals surface area contributed by atoms with Crippen molar-refractivity contribution in [2.45, 2.75) is 19.4 Å². The lowest BCUT2D eigenvalue weighted by atomic mass is 10.0. The van der Waals surface area contributed by atoms with Crippen LogP contribution < -0.4 is 9.74 Å². The molecule has 0 saturated carbocycles. The van der Waals surface area contributed by atoms with Gasteiger partial charge >= 0.3 is 15.6 Å². The molecule has 0 aliphatic carbocycles. The maximum Gasteiger partial charge on any atom is 0.534 e. The number of pyridine rings is 2. The van der Waals surface area contributed by atoms with Crippen molar-refractivity contribution in [3.63, 3.8) is 0 Å². The first-order valence-corrected chi connectivity index (χ1v) is 11.8. The highest BCUT2D eigenvalue weighted by Gasteiger charge is 2.49. The highest BCUT2D eigenvalue weighted by molar-refractivity contribution is 7.88. The van der Waals surface area contributed by atoms with Gasteiger partial charge in [-0.2, -0.15) is 21.6 Å². The summed E-state index contributed by atoms with van der Waals surface area (Å²) in [4.78, 5) is 30.6. The molecule has 0 N–H and O–H groups in total. The van der Waals surface area contributed by atoms with Crippen LogP contribution >= 0.6 is 11.6 Å². The Morgan fingerprint density at radius 1 is 1.17 bits per heavy atom. The normalized spacial score (nSPS) is 11.9. The van der Waals surface area contributed by atoms with Crippen molar-refractivity contribution in [1.29, 1.82) is 0 Å². The second kappa shape index (κ2) is 9.54. The smallest absolute Gasteiger partial charge is 0.374 e. The number of aromatic nitrogens is 2. The van der Waals surface area contributed by atoms with E-state index in [1.54, 1.807) is 6.92 Å². The van der Waals surface area contributed by atoms with E-state index < -0.39 is 43.7 Å². The summed E-state index contributed by atoms with van der Waals surface area (Å²) >= 11 is 5.89. The highest BCUT2D eigenvalue weighted by Crippen LogP contribution is 2.32. The minimum Gasteiger partial charge on any atom is -0.374 e. The number of alkyl halides is 3. The summed E-state index contributed by atoms with van der Waals surface area (Å²) in [6.07, 6.45) is 1.32. The number of nitrogens with zero attached hydrogens (tertiary/aromatic N) is 3. The Balaban J connectivity index is 2.18. The summed E-state index contributed by atoms with van der Waals surface area (Å²) in [5.41, 5.74) is -6.51. The highest BCUT2D eigenvalue weighted by atomic mass is 35.5. The molecule has 0 aliphatic rings. The van der Waals surface area contributed by atoms with Crippen LogP contribution in [0, 0.1) is 19.7 Å². The lowest BCUT2D eigenvalue weighted by molar-refractivity contribution is -0.0500. The molecule has 36 heavy (non-hydrogen) atoms. The van der Waals surface area contributed by atoms with E-state index in [-0.39, 0.29) is 28.2 Å². The van der Waals surface area contributed by atoms with E-state index in [2.05, 4.69) is 9.17 Å². The van der Waals surface area contributed by atoms with Crippen LogP contribution in [0.1, 0.15) is 21.6 Å². The van der Waals surface area contributed by atoms with E-state index in [1.807, 2.05) is 0 Å². The number of hydrogen-bond donors (Lipinski definition) is 0. The second-order valence-electron chi connectivity index (χ2n) is 7.81. The third kappa shape index (κ3) is 4.93. The number of aryl methyl sites for hydroxylation is 2. The van der Waals surface area contributed by atoms with Gasteiger partial charge in [-0.3, -0.25) is 19.1 Å². The van der Waals surface area contributed by atoms with Crippen LogP contribution in [-0.2, 0) is 10.1 Å². The monoisotopic (exact) mass is 547 g/mol. The standard InChI is InChI=1S/C22H18ClF4N3O5S/c1-11-10-28-15(13-6-5-7-14(19(13)24)20(31)29(3)4)9-16(11)30-12(2)8-17(18(23)21(30)32)35-36(33,34)22(25,26)27/h5-10H,1-4H3. The van der Waals surface area contributed by atoms with Crippen LogP contribution in [-0.4, -0.2) is 48.4 Å². The average molecular weight is 548 g/mol. The number of benzene rings is 1. The minimum absolute atomic E-state index is 0.0333. The topological polar surface area (TPSA) is 98.6 Å². The fraction of sp³-hybridized carbons (Fsp3) is 0.227. The predicted octanol–water partition coefficient (Wildman–Crippen LogP) is 4.24. The molecule has 0 fully saturated rings. The van der Waals surface area contributed by atoms with Crippen molar-refractivity contribution in [3.05, 3.63) is 74.5 Å². The molecule has 3 rings (SSSR count). The molecule has 2 aromatic heterocycles. The summed E-state index contributed by atoms with van der Waals surface area (Å²) in [6.45, 7) is 2.87. The molecule has 1 amide bonds. The van der Waals surface area contributed by atoms with Crippen molar-refractivity contribution in [1.82, 2.24) is 14.5 Å². The Labute approximate surface area is 207 Å². The summed E-state index contributed by atoms with van der Waals surface area (Å²) in [5.74, 6) is -2.42. The Hall–Kier alpha value is -3.45. The van der Waals surface area contributed by atoms with E-state index in [4.69, 9.17) is 11.6 Å². The Bertz CT molecular complexity index is 1540. The largest absolute Gasteiger partial charge is 0.534 e. The van der Waals surface area contributed by atoms with Gasteiger partial charge < -0.3 is 9.08 Å². The van der Waals surface area contributed by atoms with Gasteiger partial charge in [0.05, 0.1) is 16.9 Å². The molecule has 2 heterocycles. The SMILES string of the molecule is Cc1cnc(-c2cccc(C(=O)N(C)C)c2F)cc1-n1c(C)cc(OS(=O)(=O)C(F)(F)F)c(Cl)c1=O. The molecule has 0 aliphatic heterocycles. The van der Waals surface area contributed by atoms with Crippen LogP contribution in [0.15, 0.2) is 41.3 Å². The number of rotatable bonds is 5. The van der Waals surface area contributed by atoms with Crippen LogP contribution in [0.25, 0.3) is 16.9 Å². The van der Waals surface area contributed by atoms with E-state index in [0.29, 0.717) is 5.56 Å². The number of carbonyl (C=O) groups is 1. The van der Waals surface area contributed by atoms with E-state index in [0.717, 1.165) is 10.6 Å². The van der Waals surface area contributed by atoms with Gasteiger partial charge in [-0.1, -0.05) is 17.7 Å². The molecule has 0 bridgehead atoms. The van der Waals surface area contributed by atoms with Gasteiger partial charge in [-0.25, -0.2) is 4.39 Å². The maximum absolute atomic E-state index is 15.2. The molecule has 8 nitrogen and oxygen atoms in total. The van der Waals surface area contributed by atoms with Crippen molar-refractivity contribution in [2.24, 2.45) is 0 Å². The predicted molar refractivity (Wildman–Crippen MR) is 123 cm³/mol. The zero-order valence-electron chi connectivity index (χ0n) is 19.1. The van der Waals surface area contributed by atoms with E-state index >= 15 is 4.39 Å². The Morgan fingerprint density at radius 3 is 2.39 bits per heavy atom. The van der Waals surface area contributed by atoms with Crippen LogP contribution in [0.3, 0.4) is 0 Å². The summed E-state index contributed by atoms with van der Waals surface area (Å²) in [7, 11) is -3.15. The fourth-order valence-corrected chi connectivity index (χ4v) is 3.93. The molecule has 1 aromatic carbocycles. The van der Waals surface area contributed by atoms with Crippen LogP contribution in [0.2, 0.25) is 5.02 Å². The molecule has 0 radical (unpaired) electrons.